The van der Waals surface area contributed by atoms with Gasteiger partial charge in [0, 0.05) is 5.54 Å². The Morgan fingerprint density at radius 1 is 0.941 bits per heavy atom. The van der Waals surface area contributed by atoms with E-state index in [1.807, 2.05) is 0 Å². The topological polar surface area (TPSA) is 40.5 Å². The maximum Gasteiger partial charge on any atom is 0.305 e. The van der Waals surface area contributed by atoms with Crippen molar-refractivity contribution < 1.29 is 9.90 Å². The molecule has 0 atom stereocenters. The molecule has 3 heteroatoms. The Balaban J connectivity index is 2.11. The number of carbonyl (C=O) groups is 1. The van der Waals surface area contributed by atoms with E-state index in [0.717, 1.165) is 25.9 Å². The van der Waals surface area contributed by atoms with Gasteiger partial charge >= 0.3 is 5.97 Å². The Bertz CT molecular complexity index is 251. The van der Waals surface area contributed by atoms with Crippen molar-refractivity contribution in [2.45, 2.75) is 69.7 Å². The molecule has 1 saturated carbocycles. The molecule has 0 unspecified atom stereocenters. The second-order valence-corrected chi connectivity index (χ2v) is 5.76. The molecule has 0 radical (unpaired) electrons. The highest BCUT2D eigenvalue weighted by atomic mass is 16.4. The third kappa shape index (κ3) is 3.21. The lowest BCUT2D eigenvalue weighted by Gasteiger charge is -2.45. The van der Waals surface area contributed by atoms with Gasteiger partial charge in [0.15, 0.2) is 0 Å². The molecule has 0 spiro atoms. The zero-order valence-electron chi connectivity index (χ0n) is 10.8. The Morgan fingerprint density at radius 3 is 2.00 bits per heavy atom. The van der Waals surface area contributed by atoms with E-state index in [9.17, 15) is 9.90 Å². The average Bonchev–Trinajstić information content (AvgIpc) is 2.56. The van der Waals surface area contributed by atoms with E-state index in [1.165, 1.54) is 44.9 Å². The number of carboxylic acid groups (broad SMARTS) is 1. The third-order valence-electron chi connectivity index (χ3n) is 4.54. The molecule has 1 saturated heterocycles. The molecule has 2 aliphatic rings. The second kappa shape index (κ2) is 5.85. The minimum atomic E-state index is -0.613. The fraction of sp³-hybridized carbons (Fsp3) is 0.929. The summed E-state index contributed by atoms with van der Waals surface area (Å²) in [4.78, 5) is 13.7. The van der Waals surface area contributed by atoms with E-state index in [1.54, 1.807) is 0 Å². The van der Waals surface area contributed by atoms with Gasteiger partial charge in [0.1, 0.15) is 0 Å². The highest BCUT2D eigenvalue weighted by Crippen LogP contribution is 2.37. The number of carboxylic acids is 1. The van der Waals surface area contributed by atoms with E-state index in [2.05, 4.69) is 4.90 Å². The van der Waals surface area contributed by atoms with E-state index in [-0.39, 0.29) is 5.54 Å². The number of hydrogen-bond acceptors (Lipinski definition) is 2. The van der Waals surface area contributed by atoms with E-state index in [4.69, 9.17) is 0 Å². The monoisotopic (exact) mass is 239 g/mol. The zero-order chi connectivity index (χ0) is 12.1. The fourth-order valence-electron chi connectivity index (χ4n) is 3.64. The molecular formula is C14H25NO2. The van der Waals surface area contributed by atoms with E-state index >= 15 is 0 Å². The van der Waals surface area contributed by atoms with Crippen LogP contribution >= 0.6 is 0 Å². The average molecular weight is 239 g/mol. The molecule has 1 aliphatic carbocycles. The van der Waals surface area contributed by atoms with Crippen LogP contribution < -0.4 is 0 Å². The largest absolute Gasteiger partial charge is 0.481 e. The van der Waals surface area contributed by atoms with Crippen molar-refractivity contribution in [3.05, 3.63) is 0 Å². The van der Waals surface area contributed by atoms with E-state index in [0.29, 0.717) is 6.42 Å². The number of nitrogens with zero attached hydrogens (tertiary/aromatic N) is 1. The molecule has 98 valence electrons. The Kier molecular flexibility index (Phi) is 4.43. The van der Waals surface area contributed by atoms with Gasteiger partial charge in [0.05, 0.1) is 6.42 Å². The van der Waals surface area contributed by atoms with Gasteiger partial charge in [-0.05, 0) is 38.8 Å². The summed E-state index contributed by atoms with van der Waals surface area (Å²) in [6.07, 6.45) is 11.4. The molecule has 0 amide bonds. The summed E-state index contributed by atoms with van der Waals surface area (Å²) in [7, 11) is 0. The van der Waals surface area contributed by atoms with Crippen LogP contribution in [0.15, 0.2) is 0 Å². The first-order valence-corrected chi connectivity index (χ1v) is 7.20. The highest BCUT2D eigenvalue weighted by Gasteiger charge is 2.39. The number of likely N-dealkylation sites (tertiary alicyclic amines) is 1. The molecule has 0 aromatic rings. The van der Waals surface area contributed by atoms with Gasteiger partial charge in [-0.2, -0.15) is 0 Å². The Hall–Kier alpha value is -0.570. The van der Waals surface area contributed by atoms with Crippen LogP contribution in [0, 0.1) is 0 Å². The number of piperidine rings is 1. The standard InChI is InChI=1S/C14H25NO2/c16-13(17)12-14(8-4-1-2-5-9-14)15-10-6-3-7-11-15/h1-12H2,(H,16,17). The Labute approximate surface area is 104 Å². The summed E-state index contributed by atoms with van der Waals surface area (Å²) in [5.74, 6) is -0.613. The van der Waals surface area contributed by atoms with Crippen molar-refractivity contribution in [2.24, 2.45) is 0 Å². The number of aliphatic carboxylic acids is 1. The first kappa shape index (κ1) is 12.9. The van der Waals surface area contributed by atoms with Gasteiger partial charge in [-0.25, -0.2) is 0 Å². The van der Waals surface area contributed by atoms with Gasteiger partial charge in [-0.3, -0.25) is 9.69 Å². The van der Waals surface area contributed by atoms with Crippen LogP contribution in [0.4, 0.5) is 0 Å². The first-order chi connectivity index (χ1) is 8.23. The Morgan fingerprint density at radius 2 is 1.47 bits per heavy atom. The molecule has 0 aromatic heterocycles. The van der Waals surface area contributed by atoms with Crippen molar-refractivity contribution in [3.8, 4) is 0 Å². The second-order valence-electron chi connectivity index (χ2n) is 5.76. The molecule has 0 aromatic carbocycles. The molecule has 1 heterocycles. The molecule has 1 aliphatic heterocycles. The normalized spacial score (nSPS) is 26.4. The molecular weight excluding hydrogens is 214 g/mol. The summed E-state index contributed by atoms with van der Waals surface area (Å²) in [6, 6.07) is 0. The molecule has 1 N–H and O–H groups in total. The zero-order valence-corrected chi connectivity index (χ0v) is 10.8. The predicted molar refractivity (Wildman–Crippen MR) is 68.1 cm³/mol. The smallest absolute Gasteiger partial charge is 0.305 e. The van der Waals surface area contributed by atoms with Crippen LogP contribution in [0.3, 0.4) is 0 Å². The summed E-state index contributed by atoms with van der Waals surface area (Å²) >= 11 is 0. The first-order valence-electron chi connectivity index (χ1n) is 7.20. The van der Waals surface area contributed by atoms with Crippen LogP contribution in [-0.2, 0) is 4.79 Å². The fourth-order valence-corrected chi connectivity index (χ4v) is 3.64. The van der Waals surface area contributed by atoms with Gasteiger partial charge in [0.25, 0.3) is 0 Å². The van der Waals surface area contributed by atoms with Crippen LogP contribution in [0.1, 0.15) is 64.2 Å². The van der Waals surface area contributed by atoms with Crippen molar-refractivity contribution in [1.82, 2.24) is 4.90 Å². The van der Waals surface area contributed by atoms with Crippen LogP contribution in [0.5, 0.6) is 0 Å². The molecule has 0 bridgehead atoms. The molecule has 2 fully saturated rings. The summed E-state index contributed by atoms with van der Waals surface area (Å²) in [6.45, 7) is 2.24. The quantitative estimate of drug-likeness (QED) is 0.770. The summed E-state index contributed by atoms with van der Waals surface area (Å²) in [5.41, 5.74) is -0.0112. The highest BCUT2D eigenvalue weighted by molar-refractivity contribution is 5.68. The molecule has 17 heavy (non-hydrogen) atoms. The van der Waals surface area contributed by atoms with Crippen molar-refractivity contribution in [1.29, 1.82) is 0 Å². The molecule has 3 nitrogen and oxygen atoms in total. The van der Waals surface area contributed by atoms with Crippen LogP contribution in [0.2, 0.25) is 0 Å². The number of rotatable bonds is 3. The predicted octanol–water partition coefficient (Wildman–Crippen LogP) is 3.04. The van der Waals surface area contributed by atoms with E-state index < -0.39 is 5.97 Å². The van der Waals surface area contributed by atoms with Crippen molar-refractivity contribution in [3.63, 3.8) is 0 Å². The minimum Gasteiger partial charge on any atom is -0.481 e. The van der Waals surface area contributed by atoms with Crippen molar-refractivity contribution >= 4 is 5.97 Å². The SMILES string of the molecule is O=C(O)CC1(N2CCCCC2)CCCCCC1. The van der Waals surface area contributed by atoms with Gasteiger partial charge in [-0.15, -0.1) is 0 Å². The number of hydrogen-bond donors (Lipinski definition) is 1. The maximum atomic E-state index is 11.2. The maximum absolute atomic E-state index is 11.2. The lowest BCUT2D eigenvalue weighted by atomic mass is 9.83. The minimum absolute atomic E-state index is 0.0112. The summed E-state index contributed by atoms with van der Waals surface area (Å²) in [5, 5.41) is 9.23. The third-order valence-corrected chi connectivity index (χ3v) is 4.54. The molecule has 2 rings (SSSR count). The summed E-state index contributed by atoms with van der Waals surface area (Å²) < 4.78 is 0. The lowest BCUT2D eigenvalue weighted by Crippen LogP contribution is -2.52. The van der Waals surface area contributed by atoms with Gasteiger partial charge in [0.2, 0.25) is 0 Å². The van der Waals surface area contributed by atoms with Gasteiger partial charge < -0.3 is 5.11 Å². The van der Waals surface area contributed by atoms with Crippen LogP contribution in [0.25, 0.3) is 0 Å². The van der Waals surface area contributed by atoms with Crippen molar-refractivity contribution in [2.75, 3.05) is 13.1 Å². The lowest BCUT2D eigenvalue weighted by molar-refractivity contribution is -0.141. The van der Waals surface area contributed by atoms with Gasteiger partial charge in [-0.1, -0.05) is 32.1 Å². The van der Waals surface area contributed by atoms with Crippen LogP contribution in [-0.4, -0.2) is 34.6 Å².